The van der Waals surface area contributed by atoms with Gasteiger partial charge in [0.25, 0.3) is 5.91 Å². The van der Waals surface area contributed by atoms with Crippen molar-refractivity contribution in [3.8, 4) is 5.75 Å². The smallest absolute Gasteiger partial charge is 0.252 e. The first-order valence-electron chi connectivity index (χ1n) is 5.62. The molecule has 0 bridgehead atoms. The van der Waals surface area contributed by atoms with Gasteiger partial charge in [-0.3, -0.25) is 4.79 Å². The summed E-state index contributed by atoms with van der Waals surface area (Å²) in [7, 11) is 0. The molecule has 0 aromatic heterocycles. The number of carbonyl (C=O) groups is 1. The fraction of sp³-hybridized carbons (Fsp3) is 0.417. The van der Waals surface area contributed by atoms with Crippen LogP contribution in [0.15, 0.2) is 18.2 Å². The van der Waals surface area contributed by atoms with Gasteiger partial charge in [-0.25, -0.2) is 0 Å². The molecular weight excluding hydrogens is 240 g/mol. The first kappa shape index (κ1) is 12.2. The maximum atomic E-state index is 11.2. The number of nitrogens with one attached hydrogen (secondary N) is 1. The number of halogens is 1. The standard InChI is InChI=1S/C12H15ClN2O2/c13-8-3-4-10(12(14)16)11(6-8)17-7-9-2-1-5-15-9/h3-4,6,9,15H,1-2,5,7H2,(H2,14,16). The highest BCUT2D eigenvalue weighted by atomic mass is 35.5. The third-order valence-corrected chi connectivity index (χ3v) is 3.05. The summed E-state index contributed by atoms with van der Waals surface area (Å²) in [6.07, 6.45) is 2.25. The van der Waals surface area contributed by atoms with Gasteiger partial charge in [-0.05, 0) is 37.6 Å². The molecule has 92 valence electrons. The van der Waals surface area contributed by atoms with Gasteiger partial charge >= 0.3 is 0 Å². The lowest BCUT2D eigenvalue weighted by Crippen LogP contribution is -2.28. The summed E-state index contributed by atoms with van der Waals surface area (Å²) < 4.78 is 5.62. The number of benzene rings is 1. The summed E-state index contributed by atoms with van der Waals surface area (Å²) in [5.41, 5.74) is 5.64. The molecule has 1 fully saturated rings. The Morgan fingerprint density at radius 3 is 3.06 bits per heavy atom. The molecule has 1 aromatic rings. The minimum absolute atomic E-state index is 0.342. The molecule has 1 amide bonds. The van der Waals surface area contributed by atoms with E-state index < -0.39 is 5.91 Å². The Bertz CT molecular complexity index is 417. The van der Waals surface area contributed by atoms with E-state index in [1.165, 1.54) is 0 Å². The molecule has 1 aliphatic rings. The third-order valence-electron chi connectivity index (χ3n) is 2.81. The Labute approximate surface area is 105 Å². The second-order valence-electron chi connectivity index (χ2n) is 4.11. The highest BCUT2D eigenvalue weighted by Crippen LogP contribution is 2.23. The topological polar surface area (TPSA) is 64.4 Å². The molecule has 5 heteroatoms. The number of ether oxygens (including phenoxy) is 1. The first-order chi connectivity index (χ1) is 8.16. The third kappa shape index (κ3) is 3.11. The van der Waals surface area contributed by atoms with Crippen molar-refractivity contribution in [2.75, 3.05) is 13.2 Å². The number of nitrogens with two attached hydrogens (primary N) is 1. The average molecular weight is 255 g/mol. The van der Waals surface area contributed by atoms with Crippen molar-refractivity contribution in [3.05, 3.63) is 28.8 Å². The molecule has 1 aliphatic heterocycles. The zero-order chi connectivity index (χ0) is 12.3. The van der Waals surface area contributed by atoms with Crippen molar-refractivity contribution in [2.24, 2.45) is 5.73 Å². The van der Waals surface area contributed by atoms with Gasteiger partial charge in [0, 0.05) is 11.1 Å². The second-order valence-corrected chi connectivity index (χ2v) is 4.55. The summed E-state index contributed by atoms with van der Waals surface area (Å²) in [5, 5.41) is 3.85. The summed E-state index contributed by atoms with van der Waals surface area (Å²) in [5.74, 6) is -0.0465. The number of carbonyl (C=O) groups excluding carboxylic acids is 1. The Morgan fingerprint density at radius 1 is 1.59 bits per heavy atom. The number of primary amides is 1. The van der Waals surface area contributed by atoms with Crippen molar-refractivity contribution in [2.45, 2.75) is 18.9 Å². The predicted molar refractivity (Wildman–Crippen MR) is 66.5 cm³/mol. The molecule has 0 radical (unpaired) electrons. The van der Waals surface area contributed by atoms with Gasteiger partial charge in [-0.2, -0.15) is 0 Å². The second kappa shape index (κ2) is 5.38. The van der Waals surface area contributed by atoms with E-state index in [2.05, 4.69) is 5.32 Å². The van der Waals surface area contributed by atoms with Crippen molar-refractivity contribution >= 4 is 17.5 Å². The molecule has 4 nitrogen and oxygen atoms in total. The van der Waals surface area contributed by atoms with Gasteiger partial charge in [0.1, 0.15) is 12.4 Å². The van der Waals surface area contributed by atoms with Crippen molar-refractivity contribution < 1.29 is 9.53 Å². The first-order valence-corrected chi connectivity index (χ1v) is 6.00. The molecule has 1 atom stereocenters. The molecular formula is C12H15ClN2O2. The maximum Gasteiger partial charge on any atom is 0.252 e. The van der Waals surface area contributed by atoms with Crippen LogP contribution >= 0.6 is 11.6 Å². The molecule has 0 saturated carbocycles. The summed E-state index contributed by atoms with van der Waals surface area (Å²) in [6, 6.07) is 5.18. The lowest BCUT2D eigenvalue weighted by atomic mass is 10.2. The lowest BCUT2D eigenvalue weighted by Gasteiger charge is -2.14. The van der Waals surface area contributed by atoms with E-state index in [4.69, 9.17) is 22.1 Å². The lowest BCUT2D eigenvalue weighted by molar-refractivity contribution is 0.0996. The quantitative estimate of drug-likeness (QED) is 0.857. The van der Waals surface area contributed by atoms with Crippen LogP contribution in [0.1, 0.15) is 23.2 Å². The van der Waals surface area contributed by atoms with E-state index in [9.17, 15) is 4.79 Å². The minimum atomic E-state index is -0.504. The Kier molecular flexibility index (Phi) is 3.86. The summed E-state index contributed by atoms with van der Waals surface area (Å²) in [4.78, 5) is 11.2. The van der Waals surface area contributed by atoms with Crippen LogP contribution in [-0.2, 0) is 0 Å². The van der Waals surface area contributed by atoms with Gasteiger partial charge < -0.3 is 15.8 Å². The Morgan fingerprint density at radius 2 is 2.41 bits per heavy atom. The van der Waals surface area contributed by atoms with Crippen LogP contribution in [0.2, 0.25) is 5.02 Å². The van der Waals surface area contributed by atoms with E-state index in [1.807, 2.05) is 0 Å². The highest BCUT2D eigenvalue weighted by Gasteiger charge is 2.16. The van der Waals surface area contributed by atoms with Crippen LogP contribution in [0.3, 0.4) is 0 Å². The molecule has 3 N–H and O–H groups in total. The van der Waals surface area contributed by atoms with Gasteiger partial charge in [0.05, 0.1) is 5.56 Å². The van der Waals surface area contributed by atoms with E-state index in [0.29, 0.717) is 29.0 Å². The van der Waals surface area contributed by atoms with Crippen LogP contribution < -0.4 is 15.8 Å². The molecule has 2 rings (SSSR count). The molecule has 0 spiro atoms. The number of rotatable bonds is 4. The molecule has 17 heavy (non-hydrogen) atoms. The van der Waals surface area contributed by atoms with Crippen LogP contribution in [0.25, 0.3) is 0 Å². The zero-order valence-corrected chi connectivity index (χ0v) is 10.2. The van der Waals surface area contributed by atoms with Gasteiger partial charge in [-0.1, -0.05) is 11.6 Å². The number of amides is 1. The van der Waals surface area contributed by atoms with E-state index in [1.54, 1.807) is 18.2 Å². The zero-order valence-electron chi connectivity index (χ0n) is 9.41. The van der Waals surface area contributed by atoms with Gasteiger partial charge in [0.2, 0.25) is 0 Å². The monoisotopic (exact) mass is 254 g/mol. The SMILES string of the molecule is NC(=O)c1ccc(Cl)cc1OCC1CCCN1. The number of hydrogen-bond acceptors (Lipinski definition) is 3. The summed E-state index contributed by atoms with van der Waals surface area (Å²) >= 11 is 5.87. The maximum absolute atomic E-state index is 11.2. The average Bonchev–Trinajstić information content (AvgIpc) is 2.78. The van der Waals surface area contributed by atoms with E-state index in [0.717, 1.165) is 19.4 Å². The van der Waals surface area contributed by atoms with Crippen molar-refractivity contribution in [3.63, 3.8) is 0 Å². The largest absolute Gasteiger partial charge is 0.491 e. The molecule has 1 aromatic carbocycles. The Hall–Kier alpha value is -1.26. The van der Waals surface area contributed by atoms with Gasteiger partial charge in [-0.15, -0.1) is 0 Å². The molecule has 1 heterocycles. The van der Waals surface area contributed by atoms with E-state index >= 15 is 0 Å². The van der Waals surface area contributed by atoms with Crippen molar-refractivity contribution in [1.82, 2.24) is 5.32 Å². The van der Waals surface area contributed by atoms with Crippen molar-refractivity contribution in [1.29, 1.82) is 0 Å². The fourth-order valence-electron chi connectivity index (χ4n) is 1.91. The summed E-state index contributed by atoms with van der Waals surface area (Å²) in [6.45, 7) is 1.55. The normalized spacial score (nSPS) is 19.2. The molecule has 1 unspecified atom stereocenters. The van der Waals surface area contributed by atoms with Crippen LogP contribution in [-0.4, -0.2) is 25.1 Å². The number of hydrogen-bond donors (Lipinski definition) is 2. The van der Waals surface area contributed by atoms with Crippen LogP contribution in [0, 0.1) is 0 Å². The van der Waals surface area contributed by atoms with E-state index in [-0.39, 0.29) is 0 Å². The minimum Gasteiger partial charge on any atom is -0.491 e. The Balaban J connectivity index is 2.07. The van der Waals surface area contributed by atoms with Gasteiger partial charge in [0.15, 0.2) is 0 Å². The molecule has 0 aliphatic carbocycles. The molecule has 1 saturated heterocycles. The predicted octanol–water partition coefficient (Wildman–Crippen LogP) is 1.57. The highest BCUT2D eigenvalue weighted by molar-refractivity contribution is 6.30. The fourth-order valence-corrected chi connectivity index (χ4v) is 2.07. The van der Waals surface area contributed by atoms with Crippen LogP contribution in [0.5, 0.6) is 5.75 Å². The van der Waals surface area contributed by atoms with Crippen LogP contribution in [0.4, 0.5) is 0 Å².